The first kappa shape index (κ1) is 18.5. The summed E-state index contributed by atoms with van der Waals surface area (Å²) in [5.74, 6) is 0.386. The van der Waals surface area contributed by atoms with E-state index in [9.17, 15) is 9.59 Å². The minimum absolute atomic E-state index is 0.0948. The second kappa shape index (κ2) is 8.87. The van der Waals surface area contributed by atoms with E-state index < -0.39 is 0 Å². The molecular formula is C20H24N2O3. The van der Waals surface area contributed by atoms with Crippen LogP contribution >= 0.6 is 0 Å². The van der Waals surface area contributed by atoms with Gasteiger partial charge in [-0.2, -0.15) is 0 Å². The van der Waals surface area contributed by atoms with Crippen LogP contribution in [0.2, 0.25) is 0 Å². The first-order valence-electron chi connectivity index (χ1n) is 8.24. The van der Waals surface area contributed by atoms with Crippen molar-refractivity contribution < 1.29 is 14.3 Å². The van der Waals surface area contributed by atoms with Gasteiger partial charge in [-0.05, 0) is 24.6 Å². The Labute approximate surface area is 148 Å². The number of para-hydroxylation sites is 2. The molecule has 25 heavy (non-hydrogen) atoms. The van der Waals surface area contributed by atoms with Crippen LogP contribution in [0.1, 0.15) is 24.5 Å². The zero-order valence-corrected chi connectivity index (χ0v) is 14.9. The number of hydrogen-bond donors (Lipinski definition) is 1. The summed E-state index contributed by atoms with van der Waals surface area (Å²) in [6.45, 7) is 4.28. The van der Waals surface area contributed by atoms with Gasteiger partial charge in [-0.3, -0.25) is 9.59 Å². The Morgan fingerprint density at radius 2 is 1.88 bits per heavy atom. The summed E-state index contributed by atoms with van der Waals surface area (Å²) in [4.78, 5) is 25.7. The molecule has 0 aromatic heterocycles. The van der Waals surface area contributed by atoms with Gasteiger partial charge in [-0.15, -0.1) is 0 Å². The molecule has 0 unspecified atom stereocenters. The first-order chi connectivity index (χ1) is 12.0. The summed E-state index contributed by atoms with van der Waals surface area (Å²) < 4.78 is 5.31. The number of nitrogens with zero attached hydrogens (tertiary/aromatic N) is 1. The highest BCUT2D eigenvalue weighted by Gasteiger charge is 2.16. The zero-order valence-electron chi connectivity index (χ0n) is 14.9. The van der Waals surface area contributed by atoms with Gasteiger partial charge in [-0.25, -0.2) is 0 Å². The number of carbonyl (C=O) groups excluding carboxylic acids is 2. The number of rotatable bonds is 7. The fraction of sp³-hybridized carbons (Fsp3) is 0.300. The molecule has 0 saturated heterocycles. The van der Waals surface area contributed by atoms with Crippen molar-refractivity contribution in [3.8, 4) is 5.75 Å². The van der Waals surface area contributed by atoms with Gasteiger partial charge in [0.25, 0.3) is 0 Å². The lowest BCUT2D eigenvalue weighted by atomic mass is 10.1. The van der Waals surface area contributed by atoms with E-state index in [4.69, 9.17) is 4.74 Å². The Morgan fingerprint density at radius 1 is 1.12 bits per heavy atom. The van der Waals surface area contributed by atoms with Gasteiger partial charge in [0.2, 0.25) is 11.8 Å². The predicted molar refractivity (Wildman–Crippen MR) is 98.7 cm³/mol. The Kier molecular flexibility index (Phi) is 6.57. The molecule has 0 aliphatic rings. The number of aryl methyl sites for hydroxylation is 1. The molecule has 2 aromatic rings. The monoisotopic (exact) mass is 340 g/mol. The molecule has 1 N–H and O–H groups in total. The minimum atomic E-state index is -0.129. The van der Waals surface area contributed by atoms with E-state index in [2.05, 4.69) is 5.32 Å². The lowest BCUT2D eigenvalue weighted by Gasteiger charge is -2.23. The van der Waals surface area contributed by atoms with Crippen LogP contribution in [-0.4, -0.2) is 25.5 Å². The molecule has 0 aliphatic carbocycles. The molecule has 2 rings (SSSR count). The third-order valence-corrected chi connectivity index (χ3v) is 3.89. The van der Waals surface area contributed by atoms with E-state index in [1.54, 1.807) is 18.1 Å². The molecule has 0 heterocycles. The average Bonchev–Trinajstić information content (AvgIpc) is 2.60. The van der Waals surface area contributed by atoms with Crippen molar-refractivity contribution >= 4 is 17.5 Å². The summed E-state index contributed by atoms with van der Waals surface area (Å²) in [6, 6.07) is 15.3. The SMILES string of the molecule is COc1ccccc1N(CCC(=O)NCc1cccc(C)c1)C(C)=O. The number of ether oxygens (including phenoxy) is 1. The van der Waals surface area contributed by atoms with Gasteiger partial charge >= 0.3 is 0 Å². The van der Waals surface area contributed by atoms with Crippen LogP contribution in [-0.2, 0) is 16.1 Å². The largest absolute Gasteiger partial charge is 0.495 e. The maximum atomic E-state index is 12.1. The van der Waals surface area contributed by atoms with Crippen molar-refractivity contribution in [1.29, 1.82) is 0 Å². The molecule has 5 heteroatoms. The fourth-order valence-corrected chi connectivity index (χ4v) is 2.62. The summed E-state index contributed by atoms with van der Waals surface area (Å²) in [5.41, 5.74) is 2.89. The van der Waals surface area contributed by atoms with Crippen LogP contribution in [0.25, 0.3) is 0 Å². The summed E-state index contributed by atoms with van der Waals surface area (Å²) >= 11 is 0. The quantitative estimate of drug-likeness (QED) is 0.843. The molecule has 0 radical (unpaired) electrons. The number of carbonyl (C=O) groups is 2. The molecule has 2 aromatic carbocycles. The molecule has 0 spiro atoms. The molecular weight excluding hydrogens is 316 g/mol. The van der Waals surface area contributed by atoms with Crippen molar-refractivity contribution in [2.45, 2.75) is 26.8 Å². The van der Waals surface area contributed by atoms with Crippen molar-refractivity contribution in [3.63, 3.8) is 0 Å². The molecule has 132 valence electrons. The minimum Gasteiger partial charge on any atom is -0.495 e. The lowest BCUT2D eigenvalue weighted by molar-refractivity contribution is -0.121. The smallest absolute Gasteiger partial charge is 0.223 e. The van der Waals surface area contributed by atoms with Gasteiger partial charge in [-0.1, -0.05) is 42.0 Å². The maximum Gasteiger partial charge on any atom is 0.223 e. The van der Waals surface area contributed by atoms with E-state index >= 15 is 0 Å². The summed E-state index contributed by atoms with van der Waals surface area (Å²) in [5, 5.41) is 2.89. The molecule has 0 saturated carbocycles. The second-order valence-electron chi connectivity index (χ2n) is 5.86. The first-order valence-corrected chi connectivity index (χ1v) is 8.24. The maximum absolute atomic E-state index is 12.1. The van der Waals surface area contributed by atoms with Gasteiger partial charge in [0.1, 0.15) is 5.75 Å². The van der Waals surface area contributed by atoms with E-state index in [-0.39, 0.29) is 18.2 Å². The molecule has 0 atom stereocenters. The molecule has 0 fully saturated rings. The van der Waals surface area contributed by atoms with Crippen LogP contribution in [0, 0.1) is 6.92 Å². The normalized spacial score (nSPS) is 10.2. The van der Waals surface area contributed by atoms with Crippen LogP contribution in [0.5, 0.6) is 5.75 Å². The topological polar surface area (TPSA) is 58.6 Å². The standard InChI is InChI=1S/C20H24N2O3/c1-15-7-6-8-17(13-15)14-21-20(24)11-12-22(16(2)23)18-9-4-5-10-19(18)25-3/h4-10,13H,11-12,14H2,1-3H3,(H,21,24). The van der Waals surface area contributed by atoms with Crippen LogP contribution in [0.3, 0.4) is 0 Å². The average molecular weight is 340 g/mol. The van der Waals surface area contributed by atoms with Gasteiger partial charge < -0.3 is 15.0 Å². The lowest BCUT2D eigenvalue weighted by Crippen LogP contribution is -2.34. The van der Waals surface area contributed by atoms with Crippen molar-refractivity contribution in [2.24, 2.45) is 0 Å². The van der Waals surface area contributed by atoms with Crippen molar-refractivity contribution in [2.75, 3.05) is 18.6 Å². The van der Waals surface area contributed by atoms with Gasteiger partial charge in [0.05, 0.1) is 12.8 Å². The highest BCUT2D eigenvalue weighted by molar-refractivity contribution is 5.93. The van der Waals surface area contributed by atoms with E-state index in [1.165, 1.54) is 6.92 Å². The number of methoxy groups -OCH3 is 1. The van der Waals surface area contributed by atoms with Crippen LogP contribution in [0.15, 0.2) is 48.5 Å². The Balaban J connectivity index is 1.94. The number of nitrogens with one attached hydrogen (secondary N) is 1. The fourth-order valence-electron chi connectivity index (χ4n) is 2.62. The van der Waals surface area contributed by atoms with Crippen LogP contribution < -0.4 is 15.0 Å². The van der Waals surface area contributed by atoms with Gasteiger partial charge in [0, 0.05) is 26.4 Å². The summed E-state index contributed by atoms with van der Waals surface area (Å²) in [6.07, 6.45) is 0.226. The second-order valence-corrected chi connectivity index (χ2v) is 5.86. The van der Waals surface area contributed by atoms with Gasteiger partial charge in [0.15, 0.2) is 0 Å². The highest BCUT2D eigenvalue weighted by atomic mass is 16.5. The number of anilines is 1. The zero-order chi connectivity index (χ0) is 18.2. The Hall–Kier alpha value is -2.82. The number of hydrogen-bond acceptors (Lipinski definition) is 3. The third-order valence-electron chi connectivity index (χ3n) is 3.89. The van der Waals surface area contributed by atoms with E-state index in [0.717, 1.165) is 11.1 Å². The molecule has 2 amide bonds. The van der Waals surface area contributed by atoms with E-state index in [1.807, 2.05) is 49.4 Å². The van der Waals surface area contributed by atoms with E-state index in [0.29, 0.717) is 24.5 Å². The van der Waals surface area contributed by atoms with Crippen molar-refractivity contribution in [3.05, 3.63) is 59.7 Å². The van der Waals surface area contributed by atoms with Crippen LogP contribution in [0.4, 0.5) is 5.69 Å². The number of amides is 2. The highest BCUT2D eigenvalue weighted by Crippen LogP contribution is 2.27. The molecule has 0 aliphatic heterocycles. The Bertz CT molecular complexity index is 743. The predicted octanol–water partition coefficient (Wildman–Crippen LogP) is 3.06. The molecule has 5 nitrogen and oxygen atoms in total. The molecule has 0 bridgehead atoms. The third kappa shape index (κ3) is 5.35. The summed E-state index contributed by atoms with van der Waals surface area (Å²) in [7, 11) is 1.56. The number of benzene rings is 2. The van der Waals surface area contributed by atoms with Crippen molar-refractivity contribution in [1.82, 2.24) is 5.32 Å². The Morgan fingerprint density at radius 3 is 2.56 bits per heavy atom.